The standard InChI is InChI=1S/C22H23NO4/c1-14-19(10-15-8-9-20(23-11-15)27-16-12-26-13-16)22(25-3)18-7-5-4-6-17(18)21(14)24-2/h4-9,11,16H,10,12-13H2,1-3H3. The summed E-state index contributed by atoms with van der Waals surface area (Å²) in [6.45, 7) is 3.35. The molecule has 1 aliphatic heterocycles. The Labute approximate surface area is 158 Å². The quantitative estimate of drug-likeness (QED) is 0.662. The first-order valence-corrected chi connectivity index (χ1v) is 9.02. The van der Waals surface area contributed by atoms with Gasteiger partial charge < -0.3 is 18.9 Å². The summed E-state index contributed by atoms with van der Waals surface area (Å²) in [5.74, 6) is 2.40. The molecule has 5 heteroatoms. The van der Waals surface area contributed by atoms with Crippen molar-refractivity contribution >= 4 is 10.8 Å². The zero-order valence-electron chi connectivity index (χ0n) is 15.8. The van der Waals surface area contributed by atoms with Crippen LogP contribution in [0.4, 0.5) is 0 Å². The van der Waals surface area contributed by atoms with E-state index in [4.69, 9.17) is 18.9 Å². The SMILES string of the molecule is COc1c(C)c(Cc2ccc(OC3COC3)nc2)c(OC)c2ccccc12. The largest absolute Gasteiger partial charge is 0.496 e. The Hall–Kier alpha value is -2.79. The Kier molecular flexibility index (Phi) is 4.86. The lowest BCUT2D eigenvalue weighted by Gasteiger charge is -2.26. The van der Waals surface area contributed by atoms with E-state index in [1.54, 1.807) is 14.2 Å². The van der Waals surface area contributed by atoms with Crippen LogP contribution >= 0.6 is 0 Å². The average molecular weight is 365 g/mol. The zero-order chi connectivity index (χ0) is 18.8. The number of nitrogens with zero attached hydrogens (tertiary/aromatic N) is 1. The van der Waals surface area contributed by atoms with Crippen molar-refractivity contribution in [1.82, 2.24) is 4.98 Å². The van der Waals surface area contributed by atoms with E-state index in [2.05, 4.69) is 24.0 Å². The molecule has 0 saturated carbocycles. The van der Waals surface area contributed by atoms with Gasteiger partial charge in [0.2, 0.25) is 5.88 Å². The van der Waals surface area contributed by atoms with E-state index in [1.807, 2.05) is 30.5 Å². The molecule has 0 unspecified atom stereocenters. The molecule has 0 bridgehead atoms. The second kappa shape index (κ2) is 7.45. The van der Waals surface area contributed by atoms with E-state index >= 15 is 0 Å². The van der Waals surface area contributed by atoms with Crippen molar-refractivity contribution in [3.63, 3.8) is 0 Å². The highest BCUT2D eigenvalue weighted by Gasteiger charge is 2.21. The number of hydrogen-bond acceptors (Lipinski definition) is 5. The zero-order valence-corrected chi connectivity index (χ0v) is 15.8. The molecule has 0 atom stereocenters. The molecule has 1 aliphatic rings. The summed E-state index contributed by atoms with van der Waals surface area (Å²) in [4.78, 5) is 4.44. The van der Waals surface area contributed by atoms with E-state index in [-0.39, 0.29) is 6.10 Å². The molecule has 4 rings (SSSR count). The maximum Gasteiger partial charge on any atom is 0.213 e. The molecular formula is C22H23NO4. The highest BCUT2D eigenvalue weighted by atomic mass is 16.6. The van der Waals surface area contributed by atoms with Gasteiger partial charge in [0.15, 0.2) is 0 Å². The average Bonchev–Trinajstić information content (AvgIpc) is 2.67. The molecule has 27 heavy (non-hydrogen) atoms. The van der Waals surface area contributed by atoms with Gasteiger partial charge in [0.05, 0.1) is 27.4 Å². The molecule has 5 nitrogen and oxygen atoms in total. The highest BCUT2D eigenvalue weighted by Crippen LogP contribution is 2.41. The van der Waals surface area contributed by atoms with Gasteiger partial charge >= 0.3 is 0 Å². The van der Waals surface area contributed by atoms with Crippen LogP contribution in [0.5, 0.6) is 17.4 Å². The predicted octanol–water partition coefficient (Wildman–Crippen LogP) is 3.93. The van der Waals surface area contributed by atoms with Crippen molar-refractivity contribution in [1.29, 1.82) is 0 Å². The van der Waals surface area contributed by atoms with Gasteiger partial charge in [-0.25, -0.2) is 4.98 Å². The number of ether oxygens (including phenoxy) is 4. The molecule has 3 aromatic rings. The highest BCUT2D eigenvalue weighted by molar-refractivity contribution is 5.96. The van der Waals surface area contributed by atoms with E-state index in [0.717, 1.165) is 39.0 Å². The first kappa shape index (κ1) is 17.6. The van der Waals surface area contributed by atoms with Crippen LogP contribution in [0.15, 0.2) is 42.6 Å². The topological polar surface area (TPSA) is 49.8 Å². The molecule has 1 fully saturated rings. The Bertz CT molecular complexity index is 949. The summed E-state index contributed by atoms with van der Waals surface area (Å²) in [5, 5.41) is 2.11. The second-order valence-corrected chi connectivity index (χ2v) is 6.67. The molecule has 140 valence electrons. The van der Waals surface area contributed by atoms with Crippen LogP contribution in [0.25, 0.3) is 10.8 Å². The van der Waals surface area contributed by atoms with Crippen LogP contribution in [0.3, 0.4) is 0 Å². The van der Waals surface area contributed by atoms with Gasteiger partial charge in [-0.1, -0.05) is 30.3 Å². The molecule has 0 N–H and O–H groups in total. The first-order valence-electron chi connectivity index (χ1n) is 9.02. The smallest absolute Gasteiger partial charge is 0.213 e. The van der Waals surface area contributed by atoms with E-state index in [0.29, 0.717) is 25.5 Å². The Morgan fingerprint density at radius 3 is 2.26 bits per heavy atom. The first-order chi connectivity index (χ1) is 13.2. The van der Waals surface area contributed by atoms with E-state index < -0.39 is 0 Å². The number of methoxy groups -OCH3 is 2. The van der Waals surface area contributed by atoms with E-state index in [9.17, 15) is 0 Å². The van der Waals surface area contributed by atoms with Gasteiger partial charge in [0, 0.05) is 35.0 Å². The van der Waals surface area contributed by atoms with Crippen molar-refractivity contribution in [2.45, 2.75) is 19.4 Å². The number of fused-ring (bicyclic) bond motifs is 1. The molecule has 0 radical (unpaired) electrons. The number of pyridine rings is 1. The van der Waals surface area contributed by atoms with Crippen molar-refractivity contribution in [2.24, 2.45) is 0 Å². The summed E-state index contributed by atoms with van der Waals surface area (Å²) in [7, 11) is 3.43. The fourth-order valence-electron chi connectivity index (χ4n) is 3.50. The van der Waals surface area contributed by atoms with Crippen LogP contribution in [-0.4, -0.2) is 38.5 Å². The van der Waals surface area contributed by atoms with Gasteiger partial charge in [0.1, 0.15) is 17.6 Å². The lowest BCUT2D eigenvalue weighted by Crippen LogP contribution is -2.38. The maximum atomic E-state index is 5.80. The van der Waals surface area contributed by atoms with Crippen molar-refractivity contribution in [3.05, 3.63) is 59.3 Å². The number of benzene rings is 2. The molecule has 0 spiro atoms. The third kappa shape index (κ3) is 3.30. The lowest BCUT2D eigenvalue weighted by molar-refractivity contribution is -0.0813. The molecule has 2 aromatic carbocycles. The Balaban J connectivity index is 1.69. The summed E-state index contributed by atoms with van der Waals surface area (Å²) < 4.78 is 22.4. The third-order valence-corrected chi connectivity index (χ3v) is 4.97. The Morgan fingerprint density at radius 2 is 1.70 bits per heavy atom. The van der Waals surface area contributed by atoms with Gasteiger partial charge in [-0.05, 0) is 18.1 Å². The van der Waals surface area contributed by atoms with Gasteiger partial charge in [0.25, 0.3) is 0 Å². The van der Waals surface area contributed by atoms with Crippen LogP contribution in [-0.2, 0) is 11.2 Å². The fourth-order valence-corrected chi connectivity index (χ4v) is 3.50. The molecule has 0 aliphatic carbocycles. The molecule has 1 aromatic heterocycles. The summed E-state index contributed by atoms with van der Waals surface area (Å²) in [6, 6.07) is 12.1. The van der Waals surface area contributed by atoms with Crippen LogP contribution in [0.1, 0.15) is 16.7 Å². The molecule has 0 amide bonds. The monoisotopic (exact) mass is 365 g/mol. The lowest BCUT2D eigenvalue weighted by atomic mass is 9.94. The van der Waals surface area contributed by atoms with Crippen molar-refractivity contribution < 1.29 is 18.9 Å². The fraction of sp³-hybridized carbons (Fsp3) is 0.318. The minimum Gasteiger partial charge on any atom is -0.496 e. The van der Waals surface area contributed by atoms with Crippen LogP contribution < -0.4 is 14.2 Å². The molecular weight excluding hydrogens is 342 g/mol. The number of rotatable bonds is 6. The van der Waals surface area contributed by atoms with Crippen LogP contribution in [0, 0.1) is 6.92 Å². The predicted molar refractivity (Wildman–Crippen MR) is 104 cm³/mol. The van der Waals surface area contributed by atoms with Gasteiger partial charge in [-0.15, -0.1) is 0 Å². The summed E-state index contributed by atoms with van der Waals surface area (Å²) in [6.07, 6.45) is 2.68. The van der Waals surface area contributed by atoms with Gasteiger partial charge in [-0.3, -0.25) is 0 Å². The van der Waals surface area contributed by atoms with Crippen molar-refractivity contribution in [2.75, 3.05) is 27.4 Å². The number of hydrogen-bond donors (Lipinski definition) is 0. The molecule has 2 heterocycles. The minimum atomic E-state index is 0.121. The second-order valence-electron chi connectivity index (χ2n) is 6.67. The van der Waals surface area contributed by atoms with E-state index in [1.165, 1.54) is 0 Å². The Morgan fingerprint density at radius 1 is 1.00 bits per heavy atom. The normalized spacial score (nSPS) is 14.0. The maximum absolute atomic E-state index is 5.80. The van der Waals surface area contributed by atoms with Crippen molar-refractivity contribution in [3.8, 4) is 17.4 Å². The number of aromatic nitrogens is 1. The van der Waals surface area contributed by atoms with Gasteiger partial charge in [-0.2, -0.15) is 0 Å². The minimum absolute atomic E-state index is 0.121. The van der Waals surface area contributed by atoms with Crippen LogP contribution in [0.2, 0.25) is 0 Å². The molecule has 1 saturated heterocycles. The summed E-state index contributed by atoms with van der Waals surface area (Å²) >= 11 is 0. The third-order valence-electron chi connectivity index (χ3n) is 4.97. The summed E-state index contributed by atoms with van der Waals surface area (Å²) in [5.41, 5.74) is 3.28.